The highest BCUT2D eigenvalue weighted by Crippen LogP contribution is 2.37. The Labute approximate surface area is 137 Å². The summed E-state index contributed by atoms with van der Waals surface area (Å²) < 4.78 is 6.62. The van der Waals surface area contributed by atoms with E-state index in [0.717, 1.165) is 34.8 Å². The molecule has 0 spiro atoms. The third-order valence-electron chi connectivity index (χ3n) is 3.24. The van der Waals surface area contributed by atoms with Gasteiger partial charge in [-0.15, -0.1) is 0 Å². The van der Waals surface area contributed by atoms with Crippen molar-refractivity contribution in [2.75, 3.05) is 19.0 Å². The first kappa shape index (κ1) is 18.4. The summed E-state index contributed by atoms with van der Waals surface area (Å²) in [7, 11) is 1.72. The predicted octanol–water partition coefficient (Wildman–Crippen LogP) is 4.92. The molecule has 1 aromatic rings. The predicted molar refractivity (Wildman–Crippen MR) is 91.8 cm³/mol. The van der Waals surface area contributed by atoms with Crippen LogP contribution in [0.3, 0.4) is 0 Å². The number of methoxy groups -OCH3 is 1. The second-order valence-electron chi connectivity index (χ2n) is 6.69. The quantitative estimate of drug-likeness (QED) is 0.784. The van der Waals surface area contributed by atoms with E-state index in [2.05, 4.69) is 62.8 Å². The number of nitrogens with zero attached hydrogens (tertiary/aromatic N) is 2. The summed E-state index contributed by atoms with van der Waals surface area (Å²) in [6.45, 7) is 13.7. The van der Waals surface area contributed by atoms with Crippen molar-refractivity contribution in [3.8, 4) is 0 Å². The molecule has 1 rings (SSSR count). The van der Waals surface area contributed by atoms with Crippen LogP contribution in [0.5, 0.6) is 0 Å². The van der Waals surface area contributed by atoms with Gasteiger partial charge in [0.05, 0.1) is 10.2 Å². The van der Waals surface area contributed by atoms with Crippen LogP contribution in [0.2, 0.25) is 0 Å². The minimum atomic E-state index is -0.134. The summed E-state index contributed by atoms with van der Waals surface area (Å²) in [6.07, 6.45) is 0.917. The molecule has 1 heterocycles. The van der Waals surface area contributed by atoms with E-state index in [0.29, 0.717) is 5.92 Å². The summed E-state index contributed by atoms with van der Waals surface area (Å²) in [6, 6.07) is 0. The number of hydrogen-bond acceptors (Lipinski definition) is 4. The van der Waals surface area contributed by atoms with E-state index in [4.69, 9.17) is 14.7 Å². The van der Waals surface area contributed by atoms with Gasteiger partial charge in [0.25, 0.3) is 0 Å². The van der Waals surface area contributed by atoms with Crippen LogP contribution < -0.4 is 5.32 Å². The van der Waals surface area contributed by atoms with Gasteiger partial charge < -0.3 is 10.1 Å². The molecule has 0 saturated carbocycles. The Morgan fingerprint density at radius 1 is 1.24 bits per heavy atom. The summed E-state index contributed by atoms with van der Waals surface area (Å²) in [5.41, 5.74) is 0.962. The van der Waals surface area contributed by atoms with Gasteiger partial charge in [-0.25, -0.2) is 9.97 Å². The first-order valence-electron chi connectivity index (χ1n) is 7.56. The molecular weight excluding hydrogens is 330 g/mol. The zero-order valence-corrected chi connectivity index (χ0v) is 15.8. The molecule has 0 aliphatic heterocycles. The van der Waals surface area contributed by atoms with Gasteiger partial charge in [0.15, 0.2) is 5.82 Å². The lowest BCUT2D eigenvalue weighted by Gasteiger charge is -2.29. The van der Waals surface area contributed by atoms with Crippen LogP contribution >= 0.6 is 15.9 Å². The number of halogens is 1. The Balaban J connectivity index is 3.35. The Kier molecular flexibility index (Phi) is 6.60. The highest BCUT2D eigenvalue weighted by molar-refractivity contribution is 9.10. The smallest absolute Gasteiger partial charge is 0.160 e. The molecule has 0 aliphatic carbocycles. The zero-order chi connectivity index (χ0) is 16.2. The third kappa shape index (κ3) is 4.65. The van der Waals surface area contributed by atoms with Crippen molar-refractivity contribution in [1.29, 1.82) is 0 Å². The lowest BCUT2D eigenvalue weighted by Crippen LogP contribution is -2.24. The van der Waals surface area contributed by atoms with E-state index in [1.54, 1.807) is 7.11 Å². The molecule has 0 radical (unpaired) electrons. The third-order valence-corrected chi connectivity index (χ3v) is 4.02. The molecule has 0 fully saturated rings. The standard InChI is InChI=1S/C16H28BrN3O/c1-8-9-18-14-11(17)12(10(2)3)19-15(20-14)13(21-7)16(4,5)6/h10,13H,8-9H2,1-7H3,(H,18,19,20). The van der Waals surface area contributed by atoms with E-state index in [-0.39, 0.29) is 11.5 Å². The van der Waals surface area contributed by atoms with E-state index in [1.165, 1.54) is 0 Å². The van der Waals surface area contributed by atoms with E-state index >= 15 is 0 Å². The number of hydrogen-bond donors (Lipinski definition) is 1. The van der Waals surface area contributed by atoms with Crippen molar-refractivity contribution in [3.63, 3.8) is 0 Å². The normalized spacial score (nSPS) is 13.6. The maximum absolute atomic E-state index is 5.67. The van der Waals surface area contributed by atoms with Crippen LogP contribution in [0.1, 0.15) is 71.5 Å². The Hall–Kier alpha value is -0.680. The summed E-state index contributed by atoms with van der Waals surface area (Å²) in [4.78, 5) is 9.45. The van der Waals surface area contributed by atoms with E-state index in [9.17, 15) is 0 Å². The monoisotopic (exact) mass is 357 g/mol. The lowest BCUT2D eigenvalue weighted by atomic mass is 9.88. The average Bonchev–Trinajstić information content (AvgIpc) is 2.37. The molecule has 4 nitrogen and oxygen atoms in total. The molecule has 1 aromatic heterocycles. The van der Waals surface area contributed by atoms with Gasteiger partial charge in [-0.1, -0.05) is 41.5 Å². The largest absolute Gasteiger partial charge is 0.373 e. The van der Waals surface area contributed by atoms with Gasteiger partial charge in [0, 0.05) is 13.7 Å². The summed E-state index contributed by atoms with van der Waals surface area (Å²) >= 11 is 3.64. The number of rotatable bonds is 6. The van der Waals surface area contributed by atoms with Gasteiger partial charge >= 0.3 is 0 Å². The minimum Gasteiger partial charge on any atom is -0.373 e. The van der Waals surface area contributed by atoms with E-state index in [1.807, 2.05) is 0 Å². The van der Waals surface area contributed by atoms with Crippen LogP contribution in [-0.2, 0) is 4.74 Å². The number of anilines is 1. The van der Waals surface area contributed by atoms with Gasteiger partial charge in [-0.3, -0.25) is 0 Å². The first-order valence-corrected chi connectivity index (χ1v) is 8.35. The van der Waals surface area contributed by atoms with E-state index < -0.39 is 0 Å². The molecular formula is C16H28BrN3O. The molecule has 0 bridgehead atoms. The van der Waals surface area contributed by atoms with Gasteiger partial charge in [-0.05, 0) is 33.7 Å². The molecule has 0 aromatic carbocycles. The van der Waals surface area contributed by atoms with Crippen LogP contribution in [0.15, 0.2) is 4.47 Å². The first-order chi connectivity index (χ1) is 9.72. The SMILES string of the molecule is CCCNc1nc(C(OC)C(C)(C)C)nc(C(C)C)c1Br. The molecule has 21 heavy (non-hydrogen) atoms. The number of aromatic nitrogens is 2. The fraction of sp³-hybridized carbons (Fsp3) is 0.750. The molecule has 1 unspecified atom stereocenters. The van der Waals surface area contributed by atoms with Crippen molar-refractivity contribution < 1.29 is 4.74 Å². The molecule has 120 valence electrons. The molecule has 0 aliphatic rings. The van der Waals surface area contributed by atoms with Crippen molar-refractivity contribution >= 4 is 21.7 Å². The van der Waals surface area contributed by atoms with Crippen LogP contribution in [0, 0.1) is 5.41 Å². The van der Waals surface area contributed by atoms with Crippen molar-refractivity contribution in [2.45, 2.75) is 60.0 Å². The lowest BCUT2D eigenvalue weighted by molar-refractivity contribution is 0.00855. The second kappa shape index (κ2) is 7.54. The van der Waals surface area contributed by atoms with Crippen molar-refractivity contribution in [3.05, 3.63) is 16.0 Å². The van der Waals surface area contributed by atoms with Crippen LogP contribution in [0.25, 0.3) is 0 Å². The fourth-order valence-corrected chi connectivity index (χ4v) is 2.96. The maximum atomic E-state index is 5.67. The van der Waals surface area contributed by atoms with Gasteiger partial charge in [-0.2, -0.15) is 0 Å². The van der Waals surface area contributed by atoms with Crippen LogP contribution in [-0.4, -0.2) is 23.6 Å². The topological polar surface area (TPSA) is 47.0 Å². The van der Waals surface area contributed by atoms with Crippen LogP contribution in [0.4, 0.5) is 5.82 Å². The summed E-state index contributed by atoms with van der Waals surface area (Å²) in [5.74, 6) is 1.92. The summed E-state index contributed by atoms with van der Waals surface area (Å²) in [5, 5.41) is 3.38. The Morgan fingerprint density at radius 2 is 1.86 bits per heavy atom. The Bertz CT molecular complexity index is 469. The van der Waals surface area contributed by atoms with Gasteiger partial charge in [0.1, 0.15) is 11.9 Å². The minimum absolute atomic E-state index is 0.0567. The zero-order valence-electron chi connectivity index (χ0n) is 14.2. The number of ether oxygens (including phenoxy) is 1. The second-order valence-corrected chi connectivity index (χ2v) is 7.49. The van der Waals surface area contributed by atoms with Crippen molar-refractivity contribution in [1.82, 2.24) is 9.97 Å². The molecule has 1 atom stereocenters. The molecule has 0 saturated heterocycles. The maximum Gasteiger partial charge on any atom is 0.160 e. The molecule has 5 heteroatoms. The Morgan fingerprint density at radius 3 is 2.29 bits per heavy atom. The highest BCUT2D eigenvalue weighted by Gasteiger charge is 2.30. The highest BCUT2D eigenvalue weighted by atomic mass is 79.9. The fourth-order valence-electron chi connectivity index (χ4n) is 2.19. The van der Waals surface area contributed by atoms with Crippen molar-refractivity contribution in [2.24, 2.45) is 5.41 Å². The van der Waals surface area contributed by atoms with Gasteiger partial charge in [0.2, 0.25) is 0 Å². The molecule has 1 N–H and O–H groups in total. The molecule has 0 amide bonds. The number of nitrogens with one attached hydrogen (secondary N) is 1. The average molecular weight is 358 g/mol.